The van der Waals surface area contributed by atoms with Crippen molar-refractivity contribution in [1.29, 1.82) is 0 Å². The normalized spacial score (nSPS) is 22.2. The minimum atomic E-state index is -0.201. The Morgan fingerprint density at radius 1 is 1.36 bits per heavy atom. The van der Waals surface area contributed by atoms with E-state index in [0.29, 0.717) is 31.4 Å². The molecule has 1 aromatic rings. The van der Waals surface area contributed by atoms with Gasteiger partial charge in [0.1, 0.15) is 12.4 Å². The number of hydrogen-bond donors (Lipinski definition) is 0. The second-order valence-corrected chi connectivity index (χ2v) is 7.17. The van der Waals surface area contributed by atoms with Gasteiger partial charge in [-0.1, -0.05) is 13.8 Å². The minimum absolute atomic E-state index is 0.0161. The molecule has 25 heavy (non-hydrogen) atoms. The molecule has 2 aliphatic heterocycles. The number of carbonyl (C=O) groups is 2. The van der Waals surface area contributed by atoms with E-state index in [1.165, 1.54) is 0 Å². The van der Waals surface area contributed by atoms with E-state index < -0.39 is 0 Å². The van der Waals surface area contributed by atoms with Gasteiger partial charge in [-0.3, -0.25) is 9.69 Å². The lowest BCUT2D eigenvalue weighted by Gasteiger charge is -2.37. The molecule has 2 saturated heterocycles. The number of hydrogen-bond acceptors (Lipinski definition) is 4. The molecular formula is C19H26N2O4. The lowest BCUT2D eigenvalue weighted by Crippen LogP contribution is -2.49. The molecule has 0 aromatic carbocycles. The molecule has 1 unspecified atom stereocenters. The molecule has 2 amide bonds. The standard InChI is InChI=1S/C19H26N2O4/c1-14(2)12-16-13-25-19(23)21(16)15-7-9-20(10-8-15)18(22)6-5-17-4-3-11-24-17/h3-6,11,14-16H,7-10,12-13H2,1-2H3. The van der Waals surface area contributed by atoms with Crippen LogP contribution < -0.4 is 0 Å². The Labute approximate surface area is 148 Å². The summed E-state index contributed by atoms with van der Waals surface area (Å²) in [5.41, 5.74) is 0. The largest absolute Gasteiger partial charge is 0.465 e. The molecule has 2 fully saturated rings. The molecule has 0 bridgehead atoms. The predicted molar refractivity (Wildman–Crippen MR) is 93.8 cm³/mol. The molecule has 3 heterocycles. The summed E-state index contributed by atoms with van der Waals surface area (Å²) in [6.07, 6.45) is 7.16. The van der Waals surface area contributed by atoms with Crippen LogP contribution in [0.5, 0.6) is 0 Å². The van der Waals surface area contributed by atoms with Gasteiger partial charge in [-0.2, -0.15) is 0 Å². The summed E-state index contributed by atoms with van der Waals surface area (Å²) in [7, 11) is 0. The number of piperidine rings is 1. The maximum absolute atomic E-state index is 12.3. The van der Waals surface area contributed by atoms with E-state index in [-0.39, 0.29) is 24.1 Å². The monoisotopic (exact) mass is 346 g/mol. The fourth-order valence-corrected chi connectivity index (χ4v) is 3.65. The topological polar surface area (TPSA) is 63.0 Å². The number of cyclic esters (lactones) is 1. The van der Waals surface area contributed by atoms with Crippen molar-refractivity contribution >= 4 is 18.1 Å². The fraction of sp³-hybridized carbons (Fsp3) is 0.579. The zero-order valence-corrected chi connectivity index (χ0v) is 14.9. The van der Waals surface area contributed by atoms with Crippen LogP contribution in [0, 0.1) is 5.92 Å². The first kappa shape index (κ1) is 17.6. The molecule has 136 valence electrons. The molecule has 0 N–H and O–H groups in total. The van der Waals surface area contributed by atoms with Gasteiger partial charge < -0.3 is 14.1 Å². The van der Waals surface area contributed by atoms with Gasteiger partial charge in [-0.25, -0.2) is 4.79 Å². The minimum Gasteiger partial charge on any atom is -0.465 e. The third-order valence-electron chi connectivity index (χ3n) is 4.85. The summed E-state index contributed by atoms with van der Waals surface area (Å²) in [4.78, 5) is 28.1. The average molecular weight is 346 g/mol. The summed E-state index contributed by atoms with van der Waals surface area (Å²) in [6.45, 7) is 6.12. The van der Waals surface area contributed by atoms with Gasteiger partial charge >= 0.3 is 6.09 Å². The van der Waals surface area contributed by atoms with Gasteiger partial charge in [-0.15, -0.1) is 0 Å². The maximum Gasteiger partial charge on any atom is 0.410 e. The summed E-state index contributed by atoms with van der Waals surface area (Å²) in [5.74, 6) is 1.17. The molecular weight excluding hydrogens is 320 g/mol. The van der Waals surface area contributed by atoms with E-state index in [2.05, 4.69) is 13.8 Å². The lowest BCUT2D eigenvalue weighted by molar-refractivity contribution is -0.127. The lowest BCUT2D eigenvalue weighted by atomic mass is 9.98. The van der Waals surface area contributed by atoms with E-state index in [4.69, 9.17) is 9.15 Å². The Bertz CT molecular complexity index is 615. The van der Waals surface area contributed by atoms with E-state index in [0.717, 1.165) is 19.3 Å². The van der Waals surface area contributed by atoms with E-state index in [1.807, 2.05) is 15.9 Å². The number of ether oxygens (including phenoxy) is 1. The zero-order chi connectivity index (χ0) is 17.8. The van der Waals surface area contributed by atoms with Crippen molar-refractivity contribution in [3.05, 3.63) is 30.2 Å². The highest BCUT2D eigenvalue weighted by molar-refractivity contribution is 5.91. The fourth-order valence-electron chi connectivity index (χ4n) is 3.65. The number of amides is 2. The highest BCUT2D eigenvalue weighted by Gasteiger charge is 2.39. The Balaban J connectivity index is 1.54. The van der Waals surface area contributed by atoms with Crippen LogP contribution in [0.2, 0.25) is 0 Å². The van der Waals surface area contributed by atoms with Gasteiger partial charge in [0, 0.05) is 25.2 Å². The molecule has 0 aliphatic carbocycles. The highest BCUT2D eigenvalue weighted by Crippen LogP contribution is 2.27. The van der Waals surface area contributed by atoms with Crippen LogP contribution in [0.25, 0.3) is 6.08 Å². The summed E-state index contributed by atoms with van der Waals surface area (Å²) in [5, 5.41) is 0. The first-order chi connectivity index (χ1) is 12.0. The first-order valence-corrected chi connectivity index (χ1v) is 9.00. The van der Waals surface area contributed by atoms with Gasteiger partial charge in [0.25, 0.3) is 0 Å². The second-order valence-electron chi connectivity index (χ2n) is 7.17. The SMILES string of the molecule is CC(C)CC1COC(=O)N1C1CCN(C(=O)C=Cc2ccco2)CC1. The number of likely N-dealkylation sites (tertiary alicyclic amines) is 1. The van der Waals surface area contributed by atoms with Crippen LogP contribution in [0.15, 0.2) is 28.9 Å². The van der Waals surface area contributed by atoms with Crippen molar-refractivity contribution in [2.45, 2.75) is 45.2 Å². The third kappa shape index (κ3) is 4.24. The Hall–Kier alpha value is -2.24. The van der Waals surface area contributed by atoms with E-state index in [9.17, 15) is 9.59 Å². The Morgan fingerprint density at radius 3 is 2.76 bits per heavy atom. The van der Waals surface area contributed by atoms with Crippen molar-refractivity contribution in [3.63, 3.8) is 0 Å². The summed E-state index contributed by atoms with van der Waals surface area (Å²) < 4.78 is 10.5. The van der Waals surface area contributed by atoms with Crippen LogP contribution >= 0.6 is 0 Å². The maximum atomic E-state index is 12.3. The first-order valence-electron chi connectivity index (χ1n) is 9.00. The van der Waals surface area contributed by atoms with Crippen LogP contribution in [-0.2, 0) is 9.53 Å². The molecule has 0 saturated carbocycles. The van der Waals surface area contributed by atoms with Crippen LogP contribution in [0.1, 0.15) is 38.9 Å². The second kappa shape index (κ2) is 7.76. The van der Waals surface area contributed by atoms with E-state index in [1.54, 1.807) is 24.5 Å². The van der Waals surface area contributed by atoms with Crippen LogP contribution in [-0.4, -0.2) is 53.6 Å². The van der Waals surface area contributed by atoms with Crippen LogP contribution in [0.4, 0.5) is 4.79 Å². The van der Waals surface area contributed by atoms with Crippen molar-refractivity contribution in [2.75, 3.05) is 19.7 Å². The molecule has 6 nitrogen and oxygen atoms in total. The molecule has 0 radical (unpaired) electrons. The highest BCUT2D eigenvalue weighted by atomic mass is 16.6. The molecule has 3 rings (SSSR count). The molecule has 1 aromatic heterocycles. The molecule has 6 heteroatoms. The van der Waals surface area contributed by atoms with Gasteiger partial charge in [-0.05, 0) is 43.4 Å². The molecule has 2 aliphatic rings. The number of furan rings is 1. The zero-order valence-electron chi connectivity index (χ0n) is 14.9. The van der Waals surface area contributed by atoms with Gasteiger partial charge in [0.15, 0.2) is 0 Å². The third-order valence-corrected chi connectivity index (χ3v) is 4.85. The quantitative estimate of drug-likeness (QED) is 0.768. The van der Waals surface area contributed by atoms with E-state index >= 15 is 0 Å². The van der Waals surface area contributed by atoms with Gasteiger partial charge in [0.2, 0.25) is 5.91 Å². The van der Waals surface area contributed by atoms with Crippen molar-refractivity contribution < 1.29 is 18.7 Å². The van der Waals surface area contributed by atoms with Crippen molar-refractivity contribution in [1.82, 2.24) is 9.80 Å². The van der Waals surface area contributed by atoms with Crippen LogP contribution in [0.3, 0.4) is 0 Å². The Kier molecular flexibility index (Phi) is 5.46. The number of rotatable bonds is 5. The average Bonchev–Trinajstić information content (AvgIpc) is 3.22. The number of carbonyl (C=O) groups excluding carboxylic acids is 2. The predicted octanol–water partition coefficient (Wildman–Crippen LogP) is 3.15. The van der Waals surface area contributed by atoms with Crippen molar-refractivity contribution in [2.24, 2.45) is 5.92 Å². The Morgan fingerprint density at radius 2 is 2.12 bits per heavy atom. The smallest absolute Gasteiger partial charge is 0.410 e. The molecule has 1 atom stereocenters. The van der Waals surface area contributed by atoms with Crippen molar-refractivity contribution in [3.8, 4) is 0 Å². The molecule has 0 spiro atoms. The summed E-state index contributed by atoms with van der Waals surface area (Å²) in [6, 6.07) is 3.93. The number of nitrogens with zero attached hydrogens (tertiary/aromatic N) is 2. The summed E-state index contributed by atoms with van der Waals surface area (Å²) >= 11 is 0. The van der Waals surface area contributed by atoms with Gasteiger partial charge in [0.05, 0.1) is 12.3 Å².